The number of aromatic nitrogens is 1. The Kier molecular flexibility index (Phi) is 4.82. The molecule has 2 aromatic rings. The molecule has 3 rings (SSSR count). The average Bonchev–Trinajstić information content (AvgIpc) is 3.25. The topological polar surface area (TPSA) is 49.6 Å². The quantitative estimate of drug-likeness (QED) is 0.861. The lowest BCUT2D eigenvalue weighted by molar-refractivity contribution is 0.0573. The first-order valence-electron chi connectivity index (χ1n) is 8.08. The molecule has 0 radical (unpaired) electrons. The summed E-state index contributed by atoms with van der Waals surface area (Å²) in [4.78, 5) is 16.8. The summed E-state index contributed by atoms with van der Waals surface area (Å²) >= 11 is 1.73. The number of carbonyl (C=O) groups excluding carboxylic acids is 1. The lowest BCUT2D eigenvalue weighted by atomic mass is 10.1. The van der Waals surface area contributed by atoms with Crippen LogP contribution in [0.4, 0.5) is 0 Å². The molecule has 0 aliphatic carbocycles. The van der Waals surface area contributed by atoms with Gasteiger partial charge < -0.3 is 9.42 Å². The summed E-state index contributed by atoms with van der Waals surface area (Å²) < 4.78 is 5.24. The molecule has 1 aliphatic rings. The SMILES string of the molecule is CC(C)c1cc(C(=O)N2CCN([C@H](C)c3ccsc3)CC2)no1. The third kappa shape index (κ3) is 3.48. The summed E-state index contributed by atoms with van der Waals surface area (Å²) in [6, 6.07) is 4.35. The van der Waals surface area contributed by atoms with Crippen LogP contribution in [0.15, 0.2) is 27.4 Å². The predicted octanol–water partition coefficient (Wildman–Crippen LogP) is 3.38. The molecule has 0 bridgehead atoms. The van der Waals surface area contributed by atoms with Gasteiger partial charge in [0.15, 0.2) is 5.69 Å². The molecule has 6 heteroatoms. The highest BCUT2D eigenvalue weighted by Crippen LogP contribution is 2.24. The summed E-state index contributed by atoms with van der Waals surface area (Å²) in [5.74, 6) is 0.980. The fraction of sp³-hybridized carbons (Fsp3) is 0.529. The number of hydrogen-bond acceptors (Lipinski definition) is 5. The van der Waals surface area contributed by atoms with Crippen molar-refractivity contribution in [2.75, 3.05) is 26.2 Å². The van der Waals surface area contributed by atoms with E-state index in [1.54, 1.807) is 17.4 Å². The minimum absolute atomic E-state index is 0.0245. The third-order valence-corrected chi connectivity index (χ3v) is 5.19. The van der Waals surface area contributed by atoms with E-state index in [9.17, 15) is 4.79 Å². The smallest absolute Gasteiger partial charge is 0.276 e. The Labute approximate surface area is 140 Å². The van der Waals surface area contributed by atoms with Crippen molar-refractivity contribution in [1.29, 1.82) is 0 Å². The Morgan fingerprint density at radius 2 is 2.00 bits per heavy atom. The lowest BCUT2D eigenvalue weighted by Gasteiger charge is -2.37. The molecule has 1 amide bonds. The van der Waals surface area contributed by atoms with E-state index in [4.69, 9.17) is 4.52 Å². The van der Waals surface area contributed by atoms with Crippen molar-refractivity contribution in [3.63, 3.8) is 0 Å². The largest absolute Gasteiger partial charge is 0.360 e. The number of nitrogens with zero attached hydrogens (tertiary/aromatic N) is 3. The standard InChI is InChI=1S/C17H23N3O2S/c1-12(2)16-10-15(18-22-16)17(21)20-7-5-19(6-8-20)13(3)14-4-9-23-11-14/h4,9-13H,5-8H2,1-3H3/t13-/m1/s1. The van der Waals surface area contributed by atoms with Crippen molar-refractivity contribution in [3.05, 3.63) is 39.9 Å². The minimum atomic E-state index is -0.0245. The van der Waals surface area contributed by atoms with Gasteiger partial charge >= 0.3 is 0 Å². The zero-order valence-electron chi connectivity index (χ0n) is 13.9. The molecule has 1 saturated heterocycles. The first-order chi connectivity index (χ1) is 11.1. The molecule has 124 valence electrons. The van der Waals surface area contributed by atoms with E-state index < -0.39 is 0 Å². The van der Waals surface area contributed by atoms with Gasteiger partial charge in [-0.05, 0) is 29.3 Å². The molecule has 1 atom stereocenters. The average molecular weight is 333 g/mol. The van der Waals surface area contributed by atoms with Crippen molar-refractivity contribution in [2.45, 2.75) is 32.7 Å². The van der Waals surface area contributed by atoms with Crippen LogP contribution in [0.25, 0.3) is 0 Å². The number of rotatable bonds is 4. The van der Waals surface area contributed by atoms with E-state index in [2.05, 4.69) is 33.8 Å². The Morgan fingerprint density at radius 1 is 1.26 bits per heavy atom. The lowest BCUT2D eigenvalue weighted by Crippen LogP contribution is -2.49. The Bertz CT molecular complexity index is 643. The fourth-order valence-corrected chi connectivity index (χ4v) is 3.61. The van der Waals surface area contributed by atoms with Crippen LogP contribution in [0.5, 0.6) is 0 Å². The second kappa shape index (κ2) is 6.84. The molecule has 0 saturated carbocycles. The van der Waals surface area contributed by atoms with Crippen LogP contribution >= 0.6 is 11.3 Å². The van der Waals surface area contributed by atoms with E-state index in [-0.39, 0.29) is 11.8 Å². The zero-order valence-corrected chi connectivity index (χ0v) is 14.7. The van der Waals surface area contributed by atoms with Gasteiger partial charge in [-0.15, -0.1) is 0 Å². The Balaban J connectivity index is 1.58. The van der Waals surface area contributed by atoms with Crippen molar-refractivity contribution >= 4 is 17.2 Å². The Hall–Kier alpha value is -1.66. The summed E-state index contributed by atoms with van der Waals surface area (Å²) in [6.07, 6.45) is 0. The summed E-state index contributed by atoms with van der Waals surface area (Å²) in [5, 5.41) is 8.24. The highest BCUT2D eigenvalue weighted by atomic mass is 32.1. The van der Waals surface area contributed by atoms with Gasteiger partial charge in [0, 0.05) is 44.2 Å². The van der Waals surface area contributed by atoms with Crippen LogP contribution in [0.3, 0.4) is 0 Å². The number of amides is 1. The van der Waals surface area contributed by atoms with Crippen molar-refractivity contribution in [3.8, 4) is 0 Å². The van der Waals surface area contributed by atoms with Crippen molar-refractivity contribution in [2.24, 2.45) is 0 Å². The van der Waals surface area contributed by atoms with E-state index in [1.807, 2.05) is 18.7 Å². The molecule has 0 unspecified atom stereocenters. The first kappa shape index (κ1) is 16.2. The monoisotopic (exact) mass is 333 g/mol. The molecule has 0 N–H and O–H groups in total. The van der Waals surface area contributed by atoms with Crippen LogP contribution in [0.2, 0.25) is 0 Å². The third-order valence-electron chi connectivity index (χ3n) is 4.49. The van der Waals surface area contributed by atoms with Crippen LogP contribution < -0.4 is 0 Å². The van der Waals surface area contributed by atoms with Gasteiger partial charge in [-0.2, -0.15) is 11.3 Å². The molecular formula is C17H23N3O2S. The molecule has 0 aromatic carbocycles. The Morgan fingerprint density at radius 3 is 2.57 bits per heavy atom. The summed E-state index contributed by atoms with van der Waals surface area (Å²) in [7, 11) is 0. The summed E-state index contributed by atoms with van der Waals surface area (Å²) in [6.45, 7) is 9.52. The number of hydrogen-bond donors (Lipinski definition) is 0. The van der Waals surface area contributed by atoms with Crippen molar-refractivity contribution in [1.82, 2.24) is 15.0 Å². The van der Waals surface area contributed by atoms with Crippen LogP contribution in [0, 0.1) is 0 Å². The van der Waals surface area contributed by atoms with E-state index >= 15 is 0 Å². The molecule has 1 fully saturated rings. The van der Waals surface area contributed by atoms with Crippen molar-refractivity contribution < 1.29 is 9.32 Å². The molecular weight excluding hydrogens is 310 g/mol. The van der Waals surface area contributed by atoms with E-state index in [0.29, 0.717) is 11.7 Å². The van der Waals surface area contributed by atoms with E-state index in [0.717, 1.165) is 31.9 Å². The maximum absolute atomic E-state index is 12.5. The van der Waals surface area contributed by atoms with Crippen LogP contribution in [-0.2, 0) is 0 Å². The maximum Gasteiger partial charge on any atom is 0.276 e. The van der Waals surface area contributed by atoms with Gasteiger partial charge in [0.1, 0.15) is 5.76 Å². The summed E-state index contributed by atoms with van der Waals surface area (Å²) in [5.41, 5.74) is 1.78. The number of carbonyl (C=O) groups is 1. The van der Waals surface area contributed by atoms with Gasteiger partial charge in [-0.25, -0.2) is 0 Å². The molecule has 2 aromatic heterocycles. The van der Waals surface area contributed by atoms with Crippen LogP contribution in [-0.4, -0.2) is 47.0 Å². The molecule has 0 spiro atoms. The zero-order chi connectivity index (χ0) is 16.4. The van der Waals surface area contributed by atoms with Gasteiger partial charge in [0.05, 0.1) is 0 Å². The van der Waals surface area contributed by atoms with Gasteiger partial charge in [0.25, 0.3) is 5.91 Å². The molecule has 23 heavy (non-hydrogen) atoms. The predicted molar refractivity (Wildman–Crippen MR) is 90.8 cm³/mol. The minimum Gasteiger partial charge on any atom is -0.360 e. The molecule has 1 aliphatic heterocycles. The normalized spacial score (nSPS) is 17.7. The number of thiophene rings is 1. The van der Waals surface area contributed by atoms with Gasteiger partial charge in [-0.3, -0.25) is 9.69 Å². The van der Waals surface area contributed by atoms with Crippen LogP contribution in [0.1, 0.15) is 54.5 Å². The fourth-order valence-electron chi connectivity index (χ4n) is 2.86. The van der Waals surface area contributed by atoms with E-state index in [1.165, 1.54) is 5.56 Å². The highest BCUT2D eigenvalue weighted by Gasteiger charge is 2.27. The highest BCUT2D eigenvalue weighted by molar-refractivity contribution is 7.07. The second-order valence-electron chi connectivity index (χ2n) is 6.33. The van der Waals surface area contributed by atoms with Gasteiger partial charge in [-0.1, -0.05) is 19.0 Å². The second-order valence-corrected chi connectivity index (χ2v) is 7.11. The van der Waals surface area contributed by atoms with Gasteiger partial charge in [0.2, 0.25) is 0 Å². The number of piperazine rings is 1. The molecule has 5 nitrogen and oxygen atoms in total. The maximum atomic E-state index is 12.5. The first-order valence-corrected chi connectivity index (χ1v) is 9.02. The molecule has 3 heterocycles.